The van der Waals surface area contributed by atoms with E-state index in [1.165, 1.54) is 4.90 Å². The van der Waals surface area contributed by atoms with Crippen molar-refractivity contribution in [2.45, 2.75) is 17.4 Å². The second kappa shape index (κ2) is 10.4. The minimum Gasteiger partial charge on any atom is -0.379 e. The molecule has 0 aliphatic carbocycles. The lowest BCUT2D eigenvalue weighted by molar-refractivity contribution is -0.121. The van der Waals surface area contributed by atoms with Gasteiger partial charge in [-0.1, -0.05) is 48.5 Å². The van der Waals surface area contributed by atoms with Crippen LogP contribution in [0.15, 0.2) is 65.6 Å². The van der Waals surface area contributed by atoms with E-state index in [1.807, 2.05) is 36.4 Å². The van der Waals surface area contributed by atoms with Crippen molar-refractivity contribution in [3.05, 3.63) is 66.2 Å². The van der Waals surface area contributed by atoms with Gasteiger partial charge in [-0.3, -0.25) is 9.69 Å². The van der Waals surface area contributed by atoms with Crippen LogP contribution < -0.4 is 5.32 Å². The van der Waals surface area contributed by atoms with Gasteiger partial charge in [0.1, 0.15) is 0 Å². The molecule has 1 heterocycles. The van der Waals surface area contributed by atoms with Crippen LogP contribution in [0.2, 0.25) is 0 Å². The minimum absolute atomic E-state index is 0.0172. The van der Waals surface area contributed by atoms with Crippen molar-refractivity contribution in [2.75, 3.05) is 38.6 Å². The van der Waals surface area contributed by atoms with E-state index in [0.29, 0.717) is 6.42 Å². The highest BCUT2D eigenvalue weighted by Gasteiger charge is 2.19. The Morgan fingerprint density at radius 2 is 1.69 bits per heavy atom. The van der Waals surface area contributed by atoms with E-state index < -0.39 is 0 Å². The van der Waals surface area contributed by atoms with Crippen LogP contribution in [-0.2, 0) is 9.53 Å². The summed E-state index contributed by atoms with van der Waals surface area (Å²) in [5.74, 6) is 0.894. The number of ether oxygens (including phenoxy) is 1. The third kappa shape index (κ3) is 6.16. The molecule has 1 amide bonds. The molecule has 1 fully saturated rings. The lowest BCUT2D eigenvalue weighted by Crippen LogP contribution is -2.43. The summed E-state index contributed by atoms with van der Waals surface area (Å²) in [4.78, 5) is 16.1. The van der Waals surface area contributed by atoms with E-state index in [2.05, 4.69) is 34.5 Å². The standard InChI is InChI=1S/C21H26N2O2S/c24-21(11-16-26-19-9-5-2-6-10-19)22-20(18-7-3-1-4-8-18)17-23-12-14-25-15-13-23/h1-10,20H,11-17H2,(H,22,24). The van der Waals surface area contributed by atoms with Crippen molar-refractivity contribution >= 4 is 17.7 Å². The lowest BCUT2D eigenvalue weighted by Gasteiger charge is -2.31. The van der Waals surface area contributed by atoms with Crippen molar-refractivity contribution < 1.29 is 9.53 Å². The number of amides is 1. The summed E-state index contributed by atoms with van der Waals surface area (Å²) in [5.41, 5.74) is 1.16. The topological polar surface area (TPSA) is 41.6 Å². The molecule has 1 saturated heterocycles. The molecular formula is C21H26N2O2S. The zero-order valence-electron chi connectivity index (χ0n) is 15.0. The summed E-state index contributed by atoms with van der Waals surface area (Å²) in [5, 5.41) is 3.23. The first-order valence-electron chi connectivity index (χ1n) is 9.13. The van der Waals surface area contributed by atoms with E-state index in [9.17, 15) is 4.79 Å². The average Bonchev–Trinajstić information content (AvgIpc) is 2.70. The molecule has 1 aliphatic heterocycles. The van der Waals surface area contributed by atoms with Crippen LogP contribution in [0.4, 0.5) is 0 Å². The maximum Gasteiger partial charge on any atom is 0.221 e. The van der Waals surface area contributed by atoms with Gasteiger partial charge in [-0.15, -0.1) is 11.8 Å². The van der Waals surface area contributed by atoms with Gasteiger partial charge in [0, 0.05) is 36.7 Å². The molecule has 2 aromatic rings. The zero-order chi connectivity index (χ0) is 18.0. The van der Waals surface area contributed by atoms with Crippen LogP contribution in [0.1, 0.15) is 18.0 Å². The number of nitrogens with zero attached hydrogens (tertiary/aromatic N) is 1. The quantitative estimate of drug-likeness (QED) is 0.724. The SMILES string of the molecule is O=C(CCSc1ccccc1)NC(CN1CCOCC1)c1ccccc1. The maximum atomic E-state index is 12.5. The van der Waals surface area contributed by atoms with Gasteiger partial charge in [-0.2, -0.15) is 0 Å². The van der Waals surface area contributed by atoms with Gasteiger partial charge in [0.15, 0.2) is 0 Å². The van der Waals surface area contributed by atoms with Crippen molar-refractivity contribution in [3.63, 3.8) is 0 Å². The van der Waals surface area contributed by atoms with Crippen LogP contribution in [0.5, 0.6) is 0 Å². The molecule has 1 unspecified atom stereocenters. The summed E-state index contributed by atoms with van der Waals surface area (Å²) in [7, 11) is 0. The number of carbonyl (C=O) groups is 1. The number of benzene rings is 2. The Kier molecular flexibility index (Phi) is 7.55. The van der Waals surface area contributed by atoms with Gasteiger partial charge in [-0.25, -0.2) is 0 Å². The second-order valence-corrected chi connectivity index (χ2v) is 7.52. The summed E-state index contributed by atoms with van der Waals surface area (Å²) in [6, 6.07) is 20.5. The van der Waals surface area contributed by atoms with Crippen LogP contribution in [-0.4, -0.2) is 49.4 Å². The summed E-state index contributed by atoms with van der Waals surface area (Å²) < 4.78 is 5.43. The summed E-state index contributed by atoms with van der Waals surface area (Å²) >= 11 is 1.72. The molecule has 1 atom stereocenters. The molecule has 5 heteroatoms. The van der Waals surface area contributed by atoms with Crippen LogP contribution >= 0.6 is 11.8 Å². The van der Waals surface area contributed by atoms with E-state index in [-0.39, 0.29) is 11.9 Å². The van der Waals surface area contributed by atoms with Gasteiger partial charge >= 0.3 is 0 Å². The number of morpholine rings is 1. The van der Waals surface area contributed by atoms with E-state index in [1.54, 1.807) is 11.8 Å². The molecule has 1 aliphatic rings. The van der Waals surface area contributed by atoms with Crippen LogP contribution in [0.3, 0.4) is 0 Å². The van der Waals surface area contributed by atoms with Gasteiger partial charge in [0.2, 0.25) is 5.91 Å². The van der Waals surface area contributed by atoms with Crippen molar-refractivity contribution in [2.24, 2.45) is 0 Å². The second-order valence-electron chi connectivity index (χ2n) is 6.36. The first kappa shape index (κ1) is 19.0. The third-order valence-corrected chi connectivity index (χ3v) is 5.44. The maximum absolute atomic E-state index is 12.5. The molecule has 26 heavy (non-hydrogen) atoms. The Balaban J connectivity index is 1.53. The lowest BCUT2D eigenvalue weighted by atomic mass is 10.1. The molecule has 4 nitrogen and oxygen atoms in total. The number of thioether (sulfide) groups is 1. The molecule has 0 radical (unpaired) electrons. The molecular weight excluding hydrogens is 344 g/mol. The molecule has 2 aromatic carbocycles. The molecule has 0 saturated carbocycles. The molecule has 138 valence electrons. The van der Waals surface area contributed by atoms with Crippen LogP contribution in [0, 0.1) is 0 Å². The summed E-state index contributed by atoms with van der Waals surface area (Å²) in [6.07, 6.45) is 0.520. The Hall–Kier alpha value is -1.82. The highest BCUT2D eigenvalue weighted by Crippen LogP contribution is 2.19. The molecule has 1 N–H and O–H groups in total. The predicted molar refractivity (Wildman–Crippen MR) is 106 cm³/mol. The fraction of sp³-hybridized carbons (Fsp3) is 0.381. The van der Waals surface area contributed by atoms with Crippen LogP contribution in [0.25, 0.3) is 0 Å². The fourth-order valence-electron chi connectivity index (χ4n) is 3.01. The van der Waals surface area contributed by atoms with Crippen molar-refractivity contribution in [1.82, 2.24) is 10.2 Å². The molecule has 0 aromatic heterocycles. The smallest absolute Gasteiger partial charge is 0.221 e. The number of hydrogen-bond donors (Lipinski definition) is 1. The number of rotatable bonds is 8. The largest absolute Gasteiger partial charge is 0.379 e. The van der Waals surface area contributed by atoms with Crippen molar-refractivity contribution in [3.8, 4) is 0 Å². The first-order valence-corrected chi connectivity index (χ1v) is 10.1. The van der Waals surface area contributed by atoms with Crippen molar-refractivity contribution in [1.29, 1.82) is 0 Å². The van der Waals surface area contributed by atoms with E-state index in [0.717, 1.165) is 44.2 Å². The van der Waals surface area contributed by atoms with Gasteiger partial charge < -0.3 is 10.1 Å². The molecule has 0 spiro atoms. The average molecular weight is 371 g/mol. The van der Waals surface area contributed by atoms with E-state index >= 15 is 0 Å². The normalized spacial score (nSPS) is 16.2. The third-order valence-electron chi connectivity index (χ3n) is 4.42. The number of carbonyl (C=O) groups excluding carboxylic acids is 1. The fourth-order valence-corrected chi connectivity index (χ4v) is 3.88. The Morgan fingerprint density at radius 1 is 1.04 bits per heavy atom. The first-order chi connectivity index (χ1) is 12.8. The number of hydrogen-bond acceptors (Lipinski definition) is 4. The monoisotopic (exact) mass is 370 g/mol. The Labute approximate surface area is 159 Å². The van der Waals surface area contributed by atoms with Gasteiger partial charge in [0.25, 0.3) is 0 Å². The Bertz CT molecular complexity index is 660. The highest BCUT2D eigenvalue weighted by molar-refractivity contribution is 7.99. The number of nitrogens with one attached hydrogen (secondary N) is 1. The highest BCUT2D eigenvalue weighted by atomic mass is 32.2. The van der Waals surface area contributed by atoms with E-state index in [4.69, 9.17) is 4.74 Å². The summed E-state index contributed by atoms with van der Waals surface area (Å²) in [6.45, 7) is 4.20. The predicted octanol–water partition coefficient (Wildman–Crippen LogP) is 3.36. The zero-order valence-corrected chi connectivity index (χ0v) is 15.8. The minimum atomic E-state index is 0.0172. The van der Waals surface area contributed by atoms with Gasteiger partial charge in [0.05, 0.1) is 19.3 Å². The molecule has 3 rings (SSSR count). The molecule has 0 bridgehead atoms. The Morgan fingerprint density at radius 3 is 2.38 bits per heavy atom. The van der Waals surface area contributed by atoms with Gasteiger partial charge in [-0.05, 0) is 17.7 Å².